The van der Waals surface area contributed by atoms with E-state index in [0.717, 1.165) is 60.9 Å². The standard InChI is InChI=1S/C58H37N3O/c1-4-17-39(18-5-1)44-23-10-11-26-49(44)56-59-55(60-57(61-56)50-28-16-27-48-47-25-13-15-30-53(47)62-54(48)50)40-33-31-38(32-34-40)41-35-36-46-45-24-12-14-29-51(45)58(52(46)37-41,42-19-6-2-7-20-42)43-21-8-3-9-22-43/h1-37H. The summed E-state index contributed by atoms with van der Waals surface area (Å²) in [5.74, 6) is 1.74. The van der Waals surface area contributed by atoms with Crippen molar-refractivity contribution in [2.45, 2.75) is 5.41 Å². The Labute approximate surface area is 359 Å². The molecule has 0 saturated heterocycles. The number of aromatic nitrogens is 3. The fourth-order valence-corrected chi connectivity index (χ4v) is 9.65. The van der Waals surface area contributed by atoms with Crippen molar-refractivity contribution < 1.29 is 4.42 Å². The molecule has 9 aromatic carbocycles. The third kappa shape index (κ3) is 5.65. The molecule has 0 spiro atoms. The molecular weight excluding hydrogens is 755 g/mol. The minimum atomic E-state index is -0.471. The lowest BCUT2D eigenvalue weighted by atomic mass is 9.67. The lowest BCUT2D eigenvalue weighted by Gasteiger charge is -2.34. The minimum Gasteiger partial charge on any atom is -0.455 e. The number of para-hydroxylation sites is 2. The van der Waals surface area contributed by atoms with E-state index in [-0.39, 0.29) is 0 Å². The second-order valence-electron chi connectivity index (χ2n) is 15.9. The van der Waals surface area contributed by atoms with Gasteiger partial charge in [-0.3, -0.25) is 0 Å². The monoisotopic (exact) mass is 791 g/mol. The van der Waals surface area contributed by atoms with Gasteiger partial charge in [-0.25, -0.2) is 15.0 Å². The van der Waals surface area contributed by atoms with E-state index in [0.29, 0.717) is 17.5 Å². The highest BCUT2D eigenvalue weighted by Gasteiger charge is 2.46. The highest BCUT2D eigenvalue weighted by Crippen LogP contribution is 2.56. The Morgan fingerprint density at radius 2 is 0.823 bits per heavy atom. The molecule has 2 heterocycles. The number of fused-ring (bicyclic) bond motifs is 6. The highest BCUT2D eigenvalue weighted by atomic mass is 16.3. The minimum absolute atomic E-state index is 0.471. The summed E-state index contributed by atoms with van der Waals surface area (Å²) in [5.41, 5.74) is 15.7. The molecule has 0 saturated carbocycles. The van der Waals surface area contributed by atoms with Crippen LogP contribution in [-0.2, 0) is 5.41 Å². The molecule has 12 rings (SSSR count). The zero-order valence-corrected chi connectivity index (χ0v) is 33.6. The van der Waals surface area contributed by atoms with Crippen LogP contribution in [-0.4, -0.2) is 15.0 Å². The Bertz CT molecular complexity index is 3410. The number of nitrogens with zero attached hydrogens (tertiary/aromatic N) is 3. The Balaban J connectivity index is 1.01. The van der Waals surface area contributed by atoms with Crippen LogP contribution in [0.5, 0.6) is 0 Å². The van der Waals surface area contributed by atoms with Crippen molar-refractivity contribution >= 4 is 21.9 Å². The van der Waals surface area contributed by atoms with Gasteiger partial charge in [-0.05, 0) is 73.8 Å². The van der Waals surface area contributed by atoms with Crippen LogP contribution in [0.3, 0.4) is 0 Å². The predicted molar refractivity (Wildman–Crippen MR) is 252 cm³/mol. The molecule has 1 aliphatic rings. The molecule has 0 unspecified atom stereocenters. The third-order valence-electron chi connectivity index (χ3n) is 12.5. The molecule has 62 heavy (non-hydrogen) atoms. The molecular formula is C58H37N3O. The summed E-state index contributed by atoms with van der Waals surface area (Å²) in [4.78, 5) is 15.6. The molecule has 0 aliphatic heterocycles. The summed E-state index contributed by atoms with van der Waals surface area (Å²) >= 11 is 0. The van der Waals surface area contributed by atoms with Gasteiger partial charge in [0.1, 0.15) is 11.2 Å². The van der Waals surface area contributed by atoms with E-state index in [1.807, 2.05) is 36.4 Å². The van der Waals surface area contributed by atoms with Crippen LogP contribution >= 0.6 is 0 Å². The molecule has 4 nitrogen and oxygen atoms in total. The van der Waals surface area contributed by atoms with E-state index >= 15 is 0 Å². The van der Waals surface area contributed by atoms with Crippen LogP contribution in [0.1, 0.15) is 22.3 Å². The SMILES string of the molecule is c1ccc(-c2ccccc2-c2nc(-c3ccc(-c4ccc5c(c4)C(c4ccccc4)(c4ccccc4)c4ccccc4-5)cc3)nc(-c3cccc4c3oc3ccccc34)n2)cc1. The van der Waals surface area contributed by atoms with Crippen molar-refractivity contribution in [1.29, 1.82) is 0 Å². The van der Waals surface area contributed by atoms with Crippen LogP contribution in [0.25, 0.3) is 89.5 Å². The average molecular weight is 792 g/mol. The average Bonchev–Trinajstić information content (AvgIpc) is 3.89. The Morgan fingerprint density at radius 1 is 0.306 bits per heavy atom. The van der Waals surface area contributed by atoms with Crippen molar-refractivity contribution in [2.24, 2.45) is 0 Å². The first-order valence-electron chi connectivity index (χ1n) is 21.0. The number of furan rings is 1. The van der Waals surface area contributed by atoms with E-state index in [1.165, 1.54) is 33.4 Å². The van der Waals surface area contributed by atoms with Gasteiger partial charge in [0.15, 0.2) is 17.5 Å². The Morgan fingerprint density at radius 3 is 1.56 bits per heavy atom. The number of hydrogen-bond acceptors (Lipinski definition) is 4. The van der Waals surface area contributed by atoms with Gasteiger partial charge in [-0.1, -0.05) is 206 Å². The van der Waals surface area contributed by atoms with Crippen molar-refractivity contribution in [3.05, 3.63) is 247 Å². The summed E-state index contributed by atoms with van der Waals surface area (Å²) in [6.07, 6.45) is 0. The first-order chi connectivity index (χ1) is 30.7. The van der Waals surface area contributed by atoms with Crippen molar-refractivity contribution in [3.8, 4) is 67.5 Å². The maximum absolute atomic E-state index is 6.51. The molecule has 0 bridgehead atoms. The molecule has 0 radical (unpaired) electrons. The Kier molecular flexibility index (Phi) is 8.36. The van der Waals surface area contributed by atoms with Gasteiger partial charge in [0, 0.05) is 21.9 Å². The van der Waals surface area contributed by atoms with E-state index in [9.17, 15) is 0 Å². The smallest absolute Gasteiger partial charge is 0.167 e. The number of rotatable bonds is 7. The molecule has 290 valence electrons. The number of hydrogen-bond donors (Lipinski definition) is 0. The molecule has 2 aromatic heterocycles. The van der Waals surface area contributed by atoms with Gasteiger partial charge in [0.05, 0.1) is 11.0 Å². The molecule has 0 fully saturated rings. The van der Waals surface area contributed by atoms with Crippen molar-refractivity contribution in [3.63, 3.8) is 0 Å². The van der Waals surface area contributed by atoms with Crippen LogP contribution in [0.4, 0.5) is 0 Å². The molecule has 0 N–H and O–H groups in total. The molecule has 1 aliphatic carbocycles. The van der Waals surface area contributed by atoms with Gasteiger partial charge >= 0.3 is 0 Å². The van der Waals surface area contributed by atoms with Crippen molar-refractivity contribution in [1.82, 2.24) is 15.0 Å². The topological polar surface area (TPSA) is 51.8 Å². The van der Waals surface area contributed by atoms with Gasteiger partial charge in [0.25, 0.3) is 0 Å². The number of benzene rings is 9. The molecule has 4 heteroatoms. The maximum atomic E-state index is 6.51. The summed E-state index contributed by atoms with van der Waals surface area (Å²) < 4.78 is 6.51. The first kappa shape index (κ1) is 35.7. The van der Waals surface area contributed by atoms with E-state index in [1.54, 1.807) is 0 Å². The van der Waals surface area contributed by atoms with E-state index < -0.39 is 5.41 Å². The van der Waals surface area contributed by atoms with Crippen molar-refractivity contribution in [2.75, 3.05) is 0 Å². The zero-order valence-electron chi connectivity index (χ0n) is 33.6. The molecule has 0 atom stereocenters. The summed E-state index contributed by atoms with van der Waals surface area (Å²) in [6, 6.07) is 79.4. The summed E-state index contributed by atoms with van der Waals surface area (Å²) in [7, 11) is 0. The fraction of sp³-hybridized carbons (Fsp3) is 0.0172. The lowest BCUT2D eigenvalue weighted by molar-refractivity contribution is 0.669. The second-order valence-corrected chi connectivity index (χ2v) is 15.9. The lowest BCUT2D eigenvalue weighted by Crippen LogP contribution is -2.28. The zero-order chi connectivity index (χ0) is 41.0. The quantitative estimate of drug-likeness (QED) is 0.161. The summed E-state index contributed by atoms with van der Waals surface area (Å²) in [6.45, 7) is 0. The van der Waals surface area contributed by atoms with E-state index in [2.05, 4.69) is 188 Å². The van der Waals surface area contributed by atoms with Gasteiger partial charge in [-0.2, -0.15) is 0 Å². The van der Waals surface area contributed by atoms with Crippen LogP contribution < -0.4 is 0 Å². The summed E-state index contributed by atoms with van der Waals surface area (Å²) in [5, 5.41) is 2.08. The third-order valence-corrected chi connectivity index (χ3v) is 12.5. The maximum Gasteiger partial charge on any atom is 0.167 e. The predicted octanol–water partition coefficient (Wildman–Crippen LogP) is 14.5. The van der Waals surface area contributed by atoms with Crippen LogP contribution in [0.15, 0.2) is 229 Å². The molecule has 0 amide bonds. The van der Waals surface area contributed by atoms with Gasteiger partial charge < -0.3 is 4.42 Å². The van der Waals surface area contributed by atoms with Gasteiger partial charge in [-0.15, -0.1) is 0 Å². The first-order valence-corrected chi connectivity index (χ1v) is 21.0. The fourth-order valence-electron chi connectivity index (χ4n) is 9.65. The molecule has 11 aromatic rings. The van der Waals surface area contributed by atoms with Gasteiger partial charge in [0.2, 0.25) is 0 Å². The largest absolute Gasteiger partial charge is 0.455 e. The van der Waals surface area contributed by atoms with E-state index in [4.69, 9.17) is 19.4 Å². The normalized spacial score (nSPS) is 12.6. The Hall–Kier alpha value is -8.21. The van der Waals surface area contributed by atoms with Crippen LogP contribution in [0.2, 0.25) is 0 Å². The second kappa shape index (κ2) is 14.5. The van der Waals surface area contributed by atoms with Crippen LogP contribution in [0, 0.1) is 0 Å². The highest BCUT2D eigenvalue weighted by molar-refractivity contribution is 6.09.